The van der Waals surface area contributed by atoms with Crippen molar-refractivity contribution in [2.75, 3.05) is 45.4 Å². The minimum absolute atomic E-state index is 0.0361. The van der Waals surface area contributed by atoms with E-state index in [-0.39, 0.29) is 58.6 Å². The smallest absolute Gasteiger partial charge is 0.354 e. The Morgan fingerprint density at radius 1 is 0.827 bits per heavy atom. The van der Waals surface area contributed by atoms with Gasteiger partial charge < -0.3 is 35.1 Å². The number of nitrogens with one attached hydrogen (secondary N) is 4. The van der Waals surface area contributed by atoms with E-state index in [1.807, 2.05) is 0 Å². The molecule has 52 heavy (non-hydrogen) atoms. The Morgan fingerprint density at radius 3 is 2.19 bits per heavy atom. The summed E-state index contributed by atoms with van der Waals surface area (Å²) in [5.74, 6) is -1.58. The summed E-state index contributed by atoms with van der Waals surface area (Å²) in [6.07, 6.45) is 5.30. The Bertz CT molecular complexity index is 2230. The number of carbonyl (C=O) groups excluding carboxylic acids is 3. The number of aromatic carboxylic acids is 1. The molecule has 0 aromatic carbocycles. The number of carbonyl (C=O) groups is 4. The minimum Gasteiger partial charge on any atom is -0.477 e. The van der Waals surface area contributed by atoms with Gasteiger partial charge in [0, 0.05) is 46.1 Å². The van der Waals surface area contributed by atoms with Crippen LogP contribution < -0.4 is 42.2 Å². The number of aromatic nitrogens is 4. The zero-order valence-electron chi connectivity index (χ0n) is 28.3. The van der Waals surface area contributed by atoms with Crippen molar-refractivity contribution in [1.29, 1.82) is 0 Å². The molecular weight excluding hydrogens is 672 g/mol. The van der Waals surface area contributed by atoms with E-state index >= 15 is 0 Å². The van der Waals surface area contributed by atoms with Gasteiger partial charge >= 0.3 is 18.0 Å². The molecule has 4 aromatic heterocycles. The second-order valence-electron chi connectivity index (χ2n) is 13.1. The van der Waals surface area contributed by atoms with Crippen LogP contribution in [0.5, 0.6) is 0 Å². The summed E-state index contributed by atoms with van der Waals surface area (Å²) in [4.78, 5) is 89.2. The maximum absolute atomic E-state index is 13.6. The molecule has 2 aliphatic heterocycles. The van der Waals surface area contributed by atoms with Gasteiger partial charge in [0.2, 0.25) is 0 Å². The average molecular weight is 709 g/mol. The van der Waals surface area contributed by atoms with Gasteiger partial charge in [-0.2, -0.15) is 0 Å². The number of hydrogen-bond donors (Lipinski definition) is 5. The van der Waals surface area contributed by atoms with Crippen molar-refractivity contribution in [2.24, 2.45) is 20.0 Å². The van der Waals surface area contributed by atoms with Crippen molar-refractivity contribution in [2.45, 2.75) is 31.2 Å². The van der Waals surface area contributed by atoms with Crippen molar-refractivity contribution in [1.82, 2.24) is 24.4 Å². The van der Waals surface area contributed by atoms with E-state index in [9.17, 15) is 33.9 Å². The Hall–Kier alpha value is -6.52. The largest absolute Gasteiger partial charge is 0.477 e. The fourth-order valence-corrected chi connectivity index (χ4v) is 6.94. The SMILES string of the molecule is Cn1cccc(NC(=O)Nc2nc(C(=O)O)ccc2C2CCC2CNC(=O)c2ccc3c(n2)N(C(=O)Nc2cccn(C)c2=O)C2CCN3C2)c1=O. The summed E-state index contributed by atoms with van der Waals surface area (Å²) < 4.78 is 2.68. The number of amides is 5. The van der Waals surface area contributed by atoms with E-state index in [1.54, 1.807) is 56.8 Å². The lowest BCUT2D eigenvalue weighted by Crippen LogP contribution is -2.49. The summed E-state index contributed by atoms with van der Waals surface area (Å²) in [5.41, 5.74) is 0.556. The number of hydrogen-bond acceptors (Lipinski definition) is 9. The maximum atomic E-state index is 13.6. The molecule has 3 atom stereocenters. The molecule has 0 radical (unpaired) electrons. The van der Waals surface area contributed by atoms with Crippen LogP contribution in [0, 0.1) is 5.92 Å². The molecule has 6 heterocycles. The lowest BCUT2D eigenvalue weighted by molar-refractivity contribution is 0.0690. The molecule has 4 aromatic rings. The lowest BCUT2D eigenvalue weighted by atomic mass is 9.70. The molecule has 7 rings (SSSR count). The number of carboxylic acids is 1. The van der Waals surface area contributed by atoms with Gasteiger partial charge in [0.25, 0.3) is 17.0 Å². The number of pyridine rings is 4. The quantitative estimate of drug-likeness (QED) is 0.181. The molecule has 3 aliphatic rings. The highest BCUT2D eigenvalue weighted by molar-refractivity contribution is 6.05. The van der Waals surface area contributed by atoms with Gasteiger partial charge in [-0.3, -0.25) is 24.6 Å². The van der Waals surface area contributed by atoms with Gasteiger partial charge in [-0.15, -0.1) is 0 Å². The zero-order chi connectivity index (χ0) is 36.7. The van der Waals surface area contributed by atoms with Crippen molar-refractivity contribution in [3.63, 3.8) is 0 Å². The first-order valence-electron chi connectivity index (χ1n) is 16.8. The van der Waals surface area contributed by atoms with Gasteiger partial charge in [0.1, 0.15) is 22.9 Å². The number of rotatable bonds is 8. The molecule has 17 heteroatoms. The van der Waals surface area contributed by atoms with E-state index in [4.69, 9.17) is 0 Å². The summed E-state index contributed by atoms with van der Waals surface area (Å²) in [7, 11) is 3.14. The topological polar surface area (TPSA) is 213 Å². The molecular formula is C35H36N10O7. The zero-order valence-corrected chi connectivity index (χ0v) is 28.3. The molecule has 0 spiro atoms. The number of carboxylic acid groups (broad SMARTS) is 1. The molecule has 5 N–H and O–H groups in total. The lowest BCUT2D eigenvalue weighted by Gasteiger charge is -2.38. The highest BCUT2D eigenvalue weighted by Crippen LogP contribution is 2.44. The van der Waals surface area contributed by atoms with Crippen LogP contribution in [0.2, 0.25) is 0 Å². The number of aryl methyl sites for hydroxylation is 2. The maximum Gasteiger partial charge on any atom is 0.354 e. The third kappa shape index (κ3) is 6.43. The van der Waals surface area contributed by atoms with Crippen LogP contribution in [0.15, 0.2) is 70.5 Å². The third-order valence-corrected chi connectivity index (χ3v) is 9.86. The molecule has 2 fully saturated rings. The van der Waals surface area contributed by atoms with Gasteiger partial charge in [0.05, 0.1) is 11.7 Å². The van der Waals surface area contributed by atoms with E-state index in [0.717, 1.165) is 18.7 Å². The number of anilines is 5. The number of urea groups is 2. The molecule has 1 saturated heterocycles. The molecule has 5 amide bonds. The second kappa shape index (κ2) is 13.7. The van der Waals surface area contributed by atoms with Crippen molar-refractivity contribution in [3.05, 3.63) is 98.6 Å². The van der Waals surface area contributed by atoms with E-state index in [2.05, 4.69) is 36.1 Å². The van der Waals surface area contributed by atoms with E-state index in [0.29, 0.717) is 30.8 Å². The number of nitrogens with zero attached hydrogens (tertiary/aromatic N) is 6. The van der Waals surface area contributed by atoms with Crippen LogP contribution in [0.4, 0.5) is 38.3 Å². The summed E-state index contributed by atoms with van der Waals surface area (Å²) in [5, 5.41) is 20.3. The van der Waals surface area contributed by atoms with E-state index in [1.165, 1.54) is 32.2 Å². The Kier molecular flexibility index (Phi) is 8.91. The van der Waals surface area contributed by atoms with Crippen molar-refractivity contribution in [3.8, 4) is 0 Å². The van der Waals surface area contributed by atoms with Gasteiger partial charge in [-0.25, -0.2) is 24.4 Å². The molecule has 17 nitrogen and oxygen atoms in total. The second-order valence-corrected chi connectivity index (χ2v) is 13.1. The van der Waals surface area contributed by atoms with Crippen LogP contribution in [0.3, 0.4) is 0 Å². The van der Waals surface area contributed by atoms with Gasteiger partial charge in [0.15, 0.2) is 11.5 Å². The fourth-order valence-electron chi connectivity index (χ4n) is 6.94. The fraction of sp³-hybridized carbons (Fsp3) is 0.314. The molecule has 1 aliphatic carbocycles. The van der Waals surface area contributed by atoms with Crippen molar-refractivity contribution >= 4 is 52.6 Å². The average Bonchev–Trinajstić information content (AvgIpc) is 3.52. The van der Waals surface area contributed by atoms with Crippen LogP contribution in [0.25, 0.3) is 0 Å². The van der Waals surface area contributed by atoms with Crippen LogP contribution in [0.1, 0.15) is 51.7 Å². The first-order valence-corrected chi connectivity index (χ1v) is 16.8. The molecule has 2 bridgehead atoms. The van der Waals surface area contributed by atoms with Crippen LogP contribution in [-0.2, 0) is 14.1 Å². The predicted molar refractivity (Wildman–Crippen MR) is 191 cm³/mol. The van der Waals surface area contributed by atoms with E-state index < -0.39 is 29.5 Å². The first kappa shape index (κ1) is 34.0. The highest BCUT2D eigenvalue weighted by Gasteiger charge is 2.41. The van der Waals surface area contributed by atoms with Crippen molar-refractivity contribution < 1.29 is 24.3 Å². The number of fused-ring (bicyclic) bond motifs is 4. The molecule has 1 saturated carbocycles. The van der Waals surface area contributed by atoms with Gasteiger partial charge in [-0.1, -0.05) is 6.07 Å². The van der Waals surface area contributed by atoms with Crippen LogP contribution in [-0.4, -0.2) is 73.8 Å². The van der Waals surface area contributed by atoms with Crippen LogP contribution >= 0.6 is 0 Å². The first-order chi connectivity index (χ1) is 25.0. The summed E-state index contributed by atoms with van der Waals surface area (Å²) >= 11 is 0. The summed E-state index contributed by atoms with van der Waals surface area (Å²) in [6.45, 7) is 1.58. The Labute approximate surface area is 296 Å². The Balaban J connectivity index is 1.06. The normalized spacial score (nSPS) is 18.5. The summed E-state index contributed by atoms with van der Waals surface area (Å²) in [6, 6.07) is 11.1. The van der Waals surface area contributed by atoms with Gasteiger partial charge in [-0.05, 0) is 79.1 Å². The highest BCUT2D eigenvalue weighted by atomic mass is 16.4. The third-order valence-electron chi connectivity index (χ3n) is 9.86. The Morgan fingerprint density at radius 2 is 1.52 bits per heavy atom. The monoisotopic (exact) mass is 708 g/mol. The predicted octanol–water partition coefficient (Wildman–Crippen LogP) is 2.77. The molecule has 268 valence electrons. The standard InChI is InChI=1S/C35H36N10O7/c1-42-14-3-5-24(31(42)47)39-34(51)41-28-22(9-10-26(37-28)33(49)50)21-8-7-19(21)17-36-30(46)23-11-12-27-29(38-23)45(20-13-16-44(27)18-20)35(52)40-25-6-4-15-43(2)32(25)48/h3-6,9-12,14-15,19-21H,7-8,13,16-18H2,1-2H3,(H,36,46)(H,40,52)(H,49,50)(H2,37,39,41,51). The molecule has 3 unspecified atom stereocenters. The minimum atomic E-state index is -1.27.